The lowest BCUT2D eigenvalue weighted by molar-refractivity contribution is 0.0957. The van der Waals surface area contributed by atoms with Crippen molar-refractivity contribution in [3.63, 3.8) is 0 Å². The summed E-state index contributed by atoms with van der Waals surface area (Å²) in [4.78, 5) is 26.7. The van der Waals surface area contributed by atoms with Gasteiger partial charge < -0.3 is 16.0 Å². The number of amides is 1. The number of aryl methyl sites for hydroxylation is 3. The van der Waals surface area contributed by atoms with Crippen molar-refractivity contribution in [1.82, 2.24) is 25.9 Å². The van der Waals surface area contributed by atoms with Crippen LogP contribution in [0.2, 0.25) is 0 Å². The molecule has 0 saturated carbocycles. The van der Waals surface area contributed by atoms with Crippen molar-refractivity contribution < 1.29 is 4.79 Å². The van der Waals surface area contributed by atoms with Crippen LogP contribution in [0.3, 0.4) is 0 Å². The van der Waals surface area contributed by atoms with Crippen LogP contribution in [0.25, 0.3) is 0 Å². The Morgan fingerprint density at radius 3 is 2.44 bits per heavy atom. The van der Waals surface area contributed by atoms with E-state index in [0.717, 1.165) is 29.4 Å². The number of nitrogens with zero attached hydrogens (tertiary/aromatic N) is 3. The number of rotatable bonds is 7. The van der Waals surface area contributed by atoms with Gasteiger partial charge in [-0.05, 0) is 20.8 Å². The molecule has 0 atom stereocenters. The minimum atomic E-state index is -0.0840. The molecule has 2 aromatic rings. The Labute approximate surface area is 156 Å². The zero-order chi connectivity index (χ0) is 18.2. The Morgan fingerprint density at radius 2 is 1.84 bits per heavy atom. The minimum absolute atomic E-state index is 0.0840. The third kappa shape index (κ3) is 5.79. The highest BCUT2D eigenvalue weighted by Gasteiger charge is 2.10. The summed E-state index contributed by atoms with van der Waals surface area (Å²) in [6.45, 7) is 7.83. The smallest absolute Gasteiger partial charge is 0.263 e. The second-order valence-electron chi connectivity index (χ2n) is 5.45. The second-order valence-corrected chi connectivity index (χ2v) is 7.59. The first-order valence-electron chi connectivity index (χ1n) is 8.07. The third-order valence-corrected chi connectivity index (χ3v) is 5.64. The fourth-order valence-corrected chi connectivity index (χ4v) is 3.76. The largest absolute Gasteiger partial charge is 0.356 e. The molecule has 0 aromatic carbocycles. The maximum Gasteiger partial charge on any atom is 0.263 e. The molecule has 9 heteroatoms. The molecule has 136 valence electrons. The molecule has 25 heavy (non-hydrogen) atoms. The number of guanidine groups is 1. The number of aromatic nitrogens is 2. The lowest BCUT2D eigenvalue weighted by Crippen LogP contribution is -2.42. The minimum Gasteiger partial charge on any atom is -0.356 e. The van der Waals surface area contributed by atoms with Gasteiger partial charge in [0.2, 0.25) is 0 Å². The molecule has 7 nitrogen and oxygen atoms in total. The number of hydrogen-bond donors (Lipinski definition) is 3. The molecule has 0 spiro atoms. The predicted octanol–water partition coefficient (Wildman–Crippen LogP) is 1.66. The molecule has 3 N–H and O–H groups in total. The lowest BCUT2D eigenvalue weighted by atomic mass is 10.4. The van der Waals surface area contributed by atoms with E-state index in [2.05, 4.69) is 37.8 Å². The highest BCUT2D eigenvalue weighted by Crippen LogP contribution is 2.16. The molecule has 2 rings (SSSR count). The Hall–Kier alpha value is -2.00. The van der Waals surface area contributed by atoms with Crippen molar-refractivity contribution in [2.24, 2.45) is 4.99 Å². The Kier molecular flexibility index (Phi) is 7.32. The summed E-state index contributed by atoms with van der Waals surface area (Å²) in [6.07, 6.45) is 0.863. The van der Waals surface area contributed by atoms with Gasteiger partial charge >= 0.3 is 0 Å². The maximum atomic E-state index is 12.0. The van der Waals surface area contributed by atoms with Crippen LogP contribution in [0.5, 0.6) is 0 Å². The van der Waals surface area contributed by atoms with Crippen molar-refractivity contribution in [3.8, 4) is 0 Å². The molecule has 0 aliphatic carbocycles. The molecular formula is C16H24N6OS2. The number of aliphatic imine (C=N–C) groups is 1. The van der Waals surface area contributed by atoms with Crippen LogP contribution in [0, 0.1) is 20.8 Å². The van der Waals surface area contributed by atoms with E-state index in [0.29, 0.717) is 23.9 Å². The Morgan fingerprint density at radius 1 is 1.12 bits per heavy atom. The van der Waals surface area contributed by atoms with Crippen molar-refractivity contribution in [2.45, 2.75) is 27.2 Å². The normalized spacial score (nSPS) is 11.4. The van der Waals surface area contributed by atoms with Crippen molar-refractivity contribution in [3.05, 3.63) is 31.7 Å². The Bertz CT molecular complexity index is 717. The van der Waals surface area contributed by atoms with E-state index in [-0.39, 0.29) is 5.91 Å². The van der Waals surface area contributed by atoms with Crippen LogP contribution in [0.4, 0.5) is 0 Å². The van der Waals surface area contributed by atoms with Crippen LogP contribution < -0.4 is 16.0 Å². The first kappa shape index (κ1) is 19.3. The topological polar surface area (TPSA) is 91.3 Å². The monoisotopic (exact) mass is 380 g/mol. The molecule has 0 aliphatic heterocycles. The van der Waals surface area contributed by atoms with Crippen LogP contribution in [0.1, 0.15) is 30.9 Å². The quantitative estimate of drug-likeness (QED) is 0.386. The second kappa shape index (κ2) is 9.47. The molecule has 0 fully saturated rings. The number of nitrogens with one attached hydrogen (secondary N) is 3. The van der Waals surface area contributed by atoms with E-state index in [4.69, 9.17) is 0 Å². The molecule has 0 aliphatic rings. The summed E-state index contributed by atoms with van der Waals surface area (Å²) in [7, 11) is 1.73. The van der Waals surface area contributed by atoms with Gasteiger partial charge in [-0.1, -0.05) is 0 Å². The molecule has 0 saturated heterocycles. The van der Waals surface area contributed by atoms with Crippen molar-refractivity contribution in [1.29, 1.82) is 0 Å². The van der Waals surface area contributed by atoms with Crippen LogP contribution in [0.15, 0.2) is 10.5 Å². The van der Waals surface area contributed by atoms with Gasteiger partial charge in [-0.2, -0.15) is 0 Å². The predicted molar refractivity (Wildman–Crippen MR) is 104 cm³/mol. The van der Waals surface area contributed by atoms with Gasteiger partial charge in [0.25, 0.3) is 5.91 Å². The average molecular weight is 381 g/mol. The highest BCUT2D eigenvalue weighted by molar-refractivity contribution is 7.12. The number of carbonyl (C=O) groups is 1. The van der Waals surface area contributed by atoms with Gasteiger partial charge in [0.15, 0.2) is 5.96 Å². The zero-order valence-corrected chi connectivity index (χ0v) is 16.6. The number of carbonyl (C=O) groups excluding carboxylic acids is 1. The van der Waals surface area contributed by atoms with Gasteiger partial charge in [-0.25, -0.2) is 9.97 Å². The van der Waals surface area contributed by atoms with Gasteiger partial charge in [-0.15, -0.1) is 22.7 Å². The first-order valence-corrected chi connectivity index (χ1v) is 9.76. The van der Waals surface area contributed by atoms with Gasteiger partial charge in [0.1, 0.15) is 4.88 Å². The standard InChI is InChI=1S/C16H24N6OS2/c1-10-12(3)25-13(22-10)5-6-19-16(17-4)20-8-7-18-15(23)14-11(2)21-9-24-14/h9H,5-8H2,1-4H3,(H,18,23)(H2,17,19,20). The van der Waals surface area contributed by atoms with Gasteiger partial charge in [-0.3, -0.25) is 9.79 Å². The van der Waals surface area contributed by atoms with E-state index in [1.54, 1.807) is 23.9 Å². The summed E-state index contributed by atoms with van der Waals surface area (Å²) in [5, 5.41) is 10.4. The number of hydrogen-bond acceptors (Lipinski definition) is 6. The third-order valence-electron chi connectivity index (χ3n) is 3.58. The molecule has 0 radical (unpaired) electrons. The van der Waals surface area contributed by atoms with E-state index >= 15 is 0 Å². The van der Waals surface area contributed by atoms with Crippen LogP contribution in [-0.2, 0) is 6.42 Å². The summed E-state index contributed by atoms with van der Waals surface area (Å²) >= 11 is 3.09. The summed E-state index contributed by atoms with van der Waals surface area (Å²) in [5.74, 6) is 0.632. The Balaban J connectivity index is 1.65. The molecule has 1 amide bonds. The SMILES string of the molecule is CN=C(NCCNC(=O)c1scnc1C)NCCc1nc(C)c(C)s1. The molecule has 2 heterocycles. The number of thiazole rings is 2. The van der Waals surface area contributed by atoms with Crippen LogP contribution >= 0.6 is 22.7 Å². The van der Waals surface area contributed by atoms with Gasteiger partial charge in [0, 0.05) is 38.0 Å². The lowest BCUT2D eigenvalue weighted by Gasteiger charge is -2.11. The van der Waals surface area contributed by atoms with E-state index < -0.39 is 0 Å². The maximum absolute atomic E-state index is 12.0. The molecular weight excluding hydrogens is 356 g/mol. The fraction of sp³-hybridized carbons (Fsp3) is 0.500. The van der Waals surface area contributed by atoms with Crippen molar-refractivity contribution >= 4 is 34.5 Å². The fourth-order valence-electron chi connectivity index (χ4n) is 2.11. The highest BCUT2D eigenvalue weighted by atomic mass is 32.1. The first-order chi connectivity index (χ1) is 12.0. The van der Waals surface area contributed by atoms with E-state index in [1.165, 1.54) is 16.2 Å². The van der Waals surface area contributed by atoms with Gasteiger partial charge in [0.05, 0.1) is 21.9 Å². The van der Waals surface area contributed by atoms with Crippen LogP contribution in [-0.4, -0.2) is 48.5 Å². The average Bonchev–Trinajstić information content (AvgIpc) is 3.15. The summed E-state index contributed by atoms with van der Waals surface area (Å²) < 4.78 is 0. The molecule has 0 bridgehead atoms. The molecule has 2 aromatic heterocycles. The molecule has 0 unspecified atom stereocenters. The van der Waals surface area contributed by atoms with E-state index in [1.807, 2.05) is 13.8 Å². The van der Waals surface area contributed by atoms with E-state index in [9.17, 15) is 4.79 Å². The van der Waals surface area contributed by atoms with Crippen molar-refractivity contribution in [2.75, 3.05) is 26.7 Å². The zero-order valence-electron chi connectivity index (χ0n) is 15.0. The summed E-state index contributed by atoms with van der Waals surface area (Å²) in [6, 6.07) is 0. The summed E-state index contributed by atoms with van der Waals surface area (Å²) in [5.41, 5.74) is 3.55.